The van der Waals surface area contributed by atoms with Crippen LogP contribution < -0.4 is 4.90 Å². The van der Waals surface area contributed by atoms with E-state index in [0.717, 1.165) is 12.8 Å². The van der Waals surface area contributed by atoms with Crippen molar-refractivity contribution < 1.29 is 33.0 Å². The van der Waals surface area contributed by atoms with E-state index in [1.165, 1.54) is 7.11 Å². The van der Waals surface area contributed by atoms with Crippen molar-refractivity contribution in [2.75, 3.05) is 24.5 Å². The normalized spacial score (nSPS) is 13.6. The van der Waals surface area contributed by atoms with Crippen LogP contribution in [0.1, 0.15) is 56.7 Å². The van der Waals surface area contributed by atoms with Gasteiger partial charge in [-0.15, -0.1) is 22.9 Å². The van der Waals surface area contributed by atoms with E-state index in [1.807, 2.05) is 6.92 Å². The molecule has 0 unspecified atom stereocenters. The van der Waals surface area contributed by atoms with Gasteiger partial charge in [0.1, 0.15) is 11.6 Å². The van der Waals surface area contributed by atoms with Gasteiger partial charge in [0.2, 0.25) is 11.0 Å². The molecule has 0 saturated heterocycles. The van der Waals surface area contributed by atoms with E-state index in [2.05, 4.69) is 4.74 Å². The minimum Gasteiger partial charge on any atom is -0.469 e. The Labute approximate surface area is 205 Å². The number of nitrogens with zero attached hydrogens (tertiary/aromatic N) is 1. The molecule has 2 amide bonds. The average Bonchev–Trinajstić information content (AvgIpc) is 3.09. The molecule has 0 radical (unpaired) electrons. The van der Waals surface area contributed by atoms with Gasteiger partial charge < -0.3 is 9.47 Å². The summed E-state index contributed by atoms with van der Waals surface area (Å²) in [6, 6.07) is 0. The van der Waals surface area contributed by atoms with Crippen LogP contribution in [0.5, 0.6) is 0 Å². The van der Waals surface area contributed by atoms with Gasteiger partial charge in [0.05, 0.1) is 25.2 Å². The Morgan fingerprint density at radius 1 is 1.12 bits per heavy atom. The van der Waals surface area contributed by atoms with Crippen LogP contribution >= 0.6 is 34.5 Å². The molecule has 0 aliphatic heterocycles. The van der Waals surface area contributed by atoms with Crippen molar-refractivity contribution in [3.8, 4) is 0 Å². The van der Waals surface area contributed by atoms with Crippen LogP contribution in [0.25, 0.3) is 0 Å². The Hall–Kier alpha value is -1.97. The summed E-state index contributed by atoms with van der Waals surface area (Å²) in [7, 11) is 1.17. The lowest BCUT2D eigenvalue weighted by atomic mass is 9.90. The molecular weight excluding hydrogens is 496 g/mol. The third-order valence-electron chi connectivity index (χ3n) is 5.13. The number of hydrogen-bond donors (Lipinski definition) is 0. The highest BCUT2D eigenvalue weighted by atomic mass is 35.5. The summed E-state index contributed by atoms with van der Waals surface area (Å²) in [5.74, 6) is -3.67. The second-order valence-corrected chi connectivity index (χ2v) is 9.09. The highest BCUT2D eigenvalue weighted by molar-refractivity contribution is 7.11. The van der Waals surface area contributed by atoms with E-state index in [4.69, 9.17) is 27.9 Å². The van der Waals surface area contributed by atoms with Crippen molar-refractivity contribution in [1.29, 1.82) is 0 Å². The molecule has 0 saturated carbocycles. The molecule has 1 aromatic heterocycles. The molecule has 1 aromatic rings. The fourth-order valence-corrected chi connectivity index (χ4v) is 4.84. The number of methoxy groups -OCH3 is 1. The largest absolute Gasteiger partial charge is 0.469 e. The monoisotopic (exact) mass is 521 g/mol. The number of alkyl halides is 1. The first kappa shape index (κ1) is 27.3. The van der Waals surface area contributed by atoms with Crippen molar-refractivity contribution in [1.82, 2.24) is 0 Å². The number of halogens is 3. The summed E-state index contributed by atoms with van der Waals surface area (Å²) < 4.78 is 24.8. The van der Waals surface area contributed by atoms with Gasteiger partial charge in [0.15, 0.2) is 0 Å². The van der Waals surface area contributed by atoms with Crippen LogP contribution in [0, 0.1) is 5.13 Å². The van der Waals surface area contributed by atoms with Crippen molar-refractivity contribution >= 4 is 64.0 Å². The van der Waals surface area contributed by atoms with E-state index < -0.39 is 40.5 Å². The number of anilines is 1. The van der Waals surface area contributed by atoms with Gasteiger partial charge in [-0.3, -0.25) is 14.4 Å². The quantitative estimate of drug-likeness (QED) is 0.245. The summed E-state index contributed by atoms with van der Waals surface area (Å²) >= 11 is 12.5. The smallest absolute Gasteiger partial charge is 0.334 e. The number of carbonyl (C=O) groups excluding carboxylic acids is 4. The van der Waals surface area contributed by atoms with Gasteiger partial charge in [0.25, 0.3) is 5.91 Å². The minimum absolute atomic E-state index is 0.0800. The number of esters is 2. The Kier molecular flexibility index (Phi) is 10.8. The van der Waals surface area contributed by atoms with Crippen LogP contribution in [0.3, 0.4) is 0 Å². The molecule has 2 rings (SSSR count). The predicted octanol–water partition coefficient (Wildman–Crippen LogP) is 4.96. The van der Waals surface area contributed by atoms with Crippen LogP contribution in [-0.2, 0) is 35.1 Å². The molecule has 0 spiro atoms. The van der Waals surface area contributed by atoms with Crippen molar-refractivity contribution in [2.24, 2.45) is 0 Å². The van der Waals surface area contributed by atoms with Gasteiger partial charge in [-0.2, -0.15) is 4.39 Å². The molecule has 33 heavy (non-hydrogen) atoms. The van der Waals surface area contributed by atoms with Gasteiger partial charge in [-0.05, 0) is 32.1 Å². The third-order valence-corrected chi connectivity index (χ3v) is 6.84. The number of ether oxygens (including phenoxy) is 2. The Morgan fingerprint density at radius 2 is 1.79 bits per heavy atom. The minimum atomic E-state index is -0.925. The van der Waals surface area contributed by atoms with Crippen molar-refractivity contribution in [3.63, 3.8) is 0 Å². The fourth-order valence-electron chi connectivity index (χ4n) is 3.43. The summed E-state index contributed by atoms with van der Waals surface area (Å²) in [5, 5.41) is -1.18. The molecule has 11 heteroatoms. The maximum Gasteiger partial charge on any atom is 0.334 e. The van der Waals surface area contributed by atoms with Crippen LogP contribution in [0.2, 0.25) is 5.02 Å². The summed E-state index contributed by atoms with van der Waals surface area (Å²) in [4.78, 5) is 51.0. The molecule has 182 valence electrons. The molecule has 7 nitrogen and oxygen atoms in total. The predicted molar refractivity (Wildman–Crippen MR) is 124 cm³/mol. The topological polar surface area (TPSA) is 90.0 Å². The maximum atomic E-state index is 14.9. The average molecular weight is 522 g/mol. The maximum absolute atomic E-state index is 14.9. The molecule has 0 bridgehead atoms. The number of unbranched alkanes of at least 4 members (excludes halogenated alkanes) is 2. The Morgan fingerprint density at radius 3 is 2.39 bits per heavy atom. The fraction of sp³-hybridized carbons (Fsp3) is 0.545. The Bertz CT molecular complexity index is 946. The summed E-state index contributed by atoms with van der Waals surface area (Å²) in [5.41, 5.74) is -0.224. The van der Waals surface area contributed by atoms with E-state index in [0.29, 0.717) is 41.9 Å². The summed E-state index contributed by atoms with van der Waals surface area (Å²) in [6.07, 6.45) is 4.07. The van der Waals surface area contributed by atoms with Crippen LogP contribution in [0.4, 0.5) is 10.1 Å². The number of thiophene rings is 1. The summed E-state index contributed by atoms with van der Waals surface area (Å²) in [6.45, 7) is 2.25. The van der Waals surface area contributed by atoms with E-state index in [1.54, 1.807) is 0 Å². The van der Waals surface area contributed by atoms with E-state index >= 15 is 0 Å². The number of hydrogen-bond acceptors (Lipinski definition) is 7. The zero-order chi connectivity index (χ0) is 24.5. The first-order valence-corrected chi connectivity index (χ1v) is 12.3. The SMILES string of the molecule is CCCCCOC(=O)C1=C(C(=O)N(C(=O)CCl)c2c(F)sc(CC(=O)OC)c2Cl)CCCC1. The van der Waals surface area contributed by atoms with E-state index in [9.17, 15) is 23.6 Å². The molecule has 1 heterocycles. The number of rotatable bonds is 10. The molecule has 0 atom stereocenters. The van der Waals surface area contributed by atoms with Crippen molar-refractivity contribution in [3.05, 3.63) is 26.2 Å². The molecule has 1 aliphatic rings. The van der Waals surface area contributed by atoms with Crippen LogP contribution in [-0.4, -0.2) is 43.3 Å². The molecular formula is C22H26Cl2FNO6S. The van der Waals surface area contributed by atoms with Crippen molar-refractivity contribution in [2.45, 2.75) is 58.3 Å². The standard InChI is InChI=1S/C22H26Cl2FNO6S/c1-3-4-7-10-32-22(30)14-9-6-5-8-13(14)21(29)26(16(27)12-23)19-18(24)15(33-20(19)25)11-17(28)31-2/h3-12H2,1-2H3. The second kappa shape index (κ2) is 13.1. The first-order chi connectivity index (χ1) is 15.8. The Balaban J connectivity index is 2.44. The zero-order valence-corrected chi connectivity index (χ0v) is 20.8. The van der Waals surface area contributed by atoms with Gasteiger partial charge in [0, 0.05) is 16.0 Å². The highest BCUT2D eigenvalue weighted by Crippen LogP contribution is 2.41. The molecule has 1 aliphatic carbocycles. The van der Waals surface area contributed by atoms with Gasteiger partial charge in [-0.1, -0.05) is 31.4 Å². The number of imide groups is 1. The highest BCUT2D eigenvalue weighted by Gasteiger charge is 2.36. The van der Waals surface area contributed by atoms with Gasteiger partial charge >= 0.3 is 11.9 Å². The lowest BCUT2D eigenvalue weighted by molar-refractivity contribution is -0.140. The molecule has 0 fully saturated rings. The van der Waals surface area contributed by atoms with E-state index in [-0.39, 0.29) is 40.5 Å². The van der Waals surface area contributed by atoms with Crippen LogP contribution in [0.15, 0.2) is 11.1 Å². The lowest BCUT2D eigenvalue weighted by Gasteiger charge is -2.25. The molecule has 0 aromatic carbocycles. The second-order valence-electron chi connectivity index (χ2n) is 7.39. The lowest BCUT2D eigenvalue weighted by Crippen LogP contribution is -2.40. The zero-order valence-electron chi connectivity index (χ0n) is 18.5. The number of amides is 2. The number of carbonyl (C=O) groups is 4. The molecule has 0 N–H and O–H groups in total. The third kappa shape index (κ3) is 6.77. The van der Waals surface area contributed by atoms with Gasteiger partial charge in [-0.25, -0.2) is 9.69 Å². The first-order valence-electron chi connectivity index (χ1n) is 10.6.